The molecule has 1 heterocycles. The van der Waals surface area contributed by atoms with E-state index in [1.54, 1.807) is 0 Å². The normalized spacial score (nSPS) is 19.8. The Labute approximate surface area is 157 Å². The zero-order valence-electron chi connectivity index (χ0n) is 15.3. The number of hydrogen-bond acceptors (Lipinski definition) is 2. The topological polar surface area (TPSA) is 39.7 Å². The minimum absolute atomic E-state index is 0.729. The van der Waals surface area contributed by atoms with Crippen molar-refractivity contribution in [3.8, 4) is 0 Å². The molecule has 0 bridgehead atoms. The van der Waals surface area contributed by atoms with Crippen LogP contribution >= 0.6 is 11.6 Å². The summed E-state index contributed by atoms with van der Waals surface area (Å²) in [7, 11) is 0. The molecule has 1 aromatic rings. The van der Waals surface area contributed by atoms with Crippen molar-refractivity contribution >= 4 is 17.6 Å². The Kier molecular flexibility index (Phi) is 7.00. The first-order valence-electron chi connectivity index (χ1n) is 9.72. The molecular formula is C20H31ClN4. The third kappa shape index (κ3) is 6.19. The fraction of sp³-hybridized carbons (Fsp3) is 0.650. The molecule has 1 aliphatic carbocycles. The van der Waals surface area contributed by atoms with Crippen LogP contribution in [0, 0.1) is 11.8 Å². The second-order valence-corrected chi connectivity index (χ2v) is 7.76. The number of nitrogens with zero attached hydrogens (tertiary/aromatic N) is 2. The van der Waals surface area contributed by atoms with Crippen LogP contribution in [-0.2, 0) is 6.54 Å². The van der Waals surface area contributed by atoms with Crippen LogP contribution in [0.2, 0.25) is 5.02 Å². The van der Waals surface area contributed by atoms with Crippen molar-refractivity contribution in [2.24, 2.45) is 16.8 Å². The molecule has 0 amide bonds. The number of piperidine rings is 1. The van der Waals surface area contributed by atoms with E-state index in [1.807, 2.05) is 12.1 Å². The molecule has 2 fully saturated rings. The molecule has 0 radical (unpaired) electrons. The van der Waals surface area contributed by atoms with Crippen LogP contribution in [0.3, 0.4) is 0 Å². The van der Waals surface area contributed by atoms with Gasteiger partial charge in [0.25, 0.3) is 0 Å². The molecular weight excluding hydrogens is 332 g/mol. The fourth-order valence-corrected chi connectivity index (χ4v) is 3.52. The van der Waals surface area contributed by atoms with Crippen LogP contribution in [0.1, 0.15) is 38.2 Å². The van der Waals surface area contributed by atoms with E-state index in [0.29, 0.717) is 0 Å². The van der Waals surface area contributed by atoms with E-state index in [4.69, 9.17) is 16.6 Å². The lowest BCUT2D eigenvalue weighted by Crippen LogP contribution is -2.42. The average molecular weight is 363 g/mol. The van der Waals surface area contributed by atoms with E-state index in [0.717, 1.165) is 62.1 Å². The van der Waals surface area contributed by atoms with Gasteiger partial charge in [-0.1, -0.05) is 29.8 Å². The third-order valence-electron chi connectivity index (χ3n) is 5.17. The number of hydrogen-bond donors (Lipinski definition) is 2. The number of rotatable bonds is 7. The summed E-state index contributed by atoms with van der Waals surface area (Å²) < 4.78 is 0. The Balaban J connectivity index is 1.39. The van der Waals surface area contributed by atoms with Gasteiger partial charge in [0.15, 0.2) is 5.96 Å². The molecule has 1 aliphatic heterocycles. The van der Waals surface area contributed by atoms with Crippen molar-refractivity contribution in [1.82, 2.24) is 15.5 Å². The maximum atomic E-state index is 6.29. The van der Waals surface area contributed by atoms with Gasteiger partial charge in [0.1, 0.15) is 0 Å². The number of halogens is 1. The molecule has 2 aliphatic rings. The van der Waals surface area contributed by atoms with Crippen LogP contribution in [0.5, 0.6) is 0 Å². The lowest BCUT2D eigenvalue weighted by atomic mass is 9.96. The van der Waals surface area contributed by atoms with Crippen molar-refractivity contribution in [1.29, 1.82) is 0 Å². The lowest BCUT2D eigenvalue weighted by Gasteiger charge is -2.32. The summed E-state index contributed by atoms with van der Waals surface area (Å²) in [5.74, 6) is 2.56. The first kappa shape index (κ1) is 18.5. The second kappa shape index (κ2) is 9.44. The Bertz CT molecular complexity index is 563. The molecule has 3 rings (SSSR count). The quantitative estimate of drug-likeness (QED) is 0.576. The van der Waals surface area contributed by atoms with E-state index < -0.39 is 0 Å². The van der Waals surface area contributed by atoms with Gasteiger partial charge in [-0.15, -0.1) is 0 Å². The second-order valence-electron chi connectivity index (χ2n) is 7.35. The van der Waals surface area contributed by atoms with Crippen molar-refractivity contribution in [3.63, 3.8) is 0 Å². The molecule has 4 nitrogen and oxygen atoms in total. The molecule has 0 unspecified atom stereocenters. The van der Waals surface area contributed by atoms with E-state index in [-0.39, 0.29) is 0 Å². The number of likely N-dealkylation sites (tertiary alicyclic amines) is 1. The fourth-order valence-electron chi connectivity index (χ4n) is 3.32. The summed E-state index contributed by atoms with van der Waals surface area (Å²) in [6.07, 6.45) is 5.18. The molecule has 0 spiro atoms. The van der Waals surface area contributed by atoms with Crippen molar-refractivity contribution in [3.05, 3.63) is 34.9 Å². The Morgan fingerprint density at radius 2 is 1.88 bits per heavy atom. The molecule has 2 N–H and O–H groups in total. The maximum Gasteiger partial charge on any atom is 0.191 e. The first-order chi connectivity index (χ1) is 12.2. The van der Waals surface area contributed by atoms with Crippen LogP contribution in [0.4, 0.5) is 0 Å². The number of guanidine groups is 1. The van der Waals surface area contributed by atoms with Crippen molar-refractivity contribution in [2.75, 3.05) is 32.7 Å². The Morgan fingerprint density at radius 1 is 1.12 bits per heavy atom. The highest BCUT2D eigenvalue weighted by atomic mass is 35.5. The highest BCUT2D eigenvalue weighted by Gasteiger charge is 2.22. The molecule has 0 aromatic heterocycles. The summed E-state index contributed by atoms with van der Waals surface area (Å²) in [5.41, 5.74) is 1.24. The highest BCUT2D eigenvalue weighted by Crippen LogP contribution is 2.28. The number of aliphatic imine (C=N–C) groups is 1. The molecule has 25 heavy (non-hydrogen) atoms. The smallest absolute Gasteiger partial charge is 0.191 e. The van der Waals surface area contributed by atoms with Gasteiger partial charge in [0, 0.05) is 31.2 Å². The van der Waals surface area contributed by atoms with Gasteiger partial charge < -0.3 is 10.6 Å². The summed E-state index contributed by atoms with van der Waals surface area (Å²) >= 11 is 6.29. The minimum Gasteiger partial charge on any atom is -0.357 e. The van der Waals surface area contributed by atoms with Gasteiger partial charge in [-0.2, -0.15) is 0 Å². The molecule has 1 saturated carbocycles. The van der Waals surface area contributed by atoms with Crippen molar-refractivity contribution in [2.45, 2.75) is 39.2 Å². The molecule has 0 atom stereocenters. The monoisotopic (exact) mass is 362 g/mol. The standard InChI is InChI=1S/C20H31ClN4/c1-2-22-20(23-13-16-7-8-16)24-14-17-9-11-25(12-10-17)15-18-5-3-4-6-19(18)21/h3-6,16-17H,2,7-15H2,1H3,(H2,22,23,24). The van der Waals surface area contributed by atoms with Gasteiger partial charge in [-0.3, -0.25) is 9.89 Å². The highest BCUT2D eigenvalue weighted by molar-refractivity contribution is 6.31. The van der Waals surface area contributed by atoms with Crippen LogP contribution in [0.25, 0.3) is 0 Å². The predicted octanol–water partition coefficient (Wildman–Crippen LogP) is 3.52. The summed E-state index contributed by atoms with van der Waals surface area (Å²) in [4.78, 5) is 7.23. The molecule has 1 aromatic carbocycles. The van der Waals surface area contributed by atoms with E-state index in [9.17, 15) is 0 Å². The van der Waals surface area contributed by atoms with Crippen LogP contribution < -0.4 is 10.6 Å². The molecule has 138 valence electrons. The Hall–Kier alpha value is -1.26. The van der Waals surface area contributed by atoms with Gasteiger partial charge in [0.2, 0.25) is 0 Å². The van der Waals surface area contributed by atoms with Gasteiger partial charge >= 0.3 is 0 Å². The zero-order valence-corrected chi connectivity index (χ0v) is 16.1. The minimum atomic E-state index is 0.729. The van der Waals surface area contributed by atoms with Crippen molar-refractivity contribution < 1.29 is 0 Å². The zero-order chi connectivity index (χ0) is 17.5. The lowest BCUT2D eigenvalue weighted by molar-refractivity contribution is 0.178. The predicted molar refractivity (Wildman–Crippen MR) is 106 cm³/mol. The third-order valence-corrected chi connectivity index (χ3v) is 5.53. The first-order valence-corrected chi connectivity index (χ1v) is 10.1. The number of benzene rings is 1. The number of nitrogens with one attached hydrogen (secondary N) is 2. The summed E-state index contributed by atoms with van der Waals surface area (Å²) in [6.45, 7) is 8.31. The summed E-state index contributed by atoms with van der Waals surface area (Å²) in [6, 6.07) is 8.18. The summed E-state index contributed by atoms with van der Waals surface area (Å²) in [5, 5.41) is 7.80. The van der Waals surface area contributed by atoms with E-state index in [1.165, 1.54) is 31.2 Å². The van der Waals surface area contributed by atoms with Gasteiger partial charge in [-0.05, 0) is 69.2 Å². The maximum absolute atomic E-state index is 6.29. The van der Waals surface area contributed by atoms with Crippen LogP contribution in [-0.4, -0.2) is 43.6 Å². The molecule has 5 heteroatoms. The largest absolute Gasteiger partial charge is 0.357 e. The van der Waals surface area contributed by atoms with Gasteiger partial charge in [0.05, 0.1) is 0 Å². The SMILES string of the molecule is CCNC(=NCC1CC1)NCC1CCN(Cc2ccccc2Cl)CC1. The molecule has 1 saturated heterocycles. The van der Waals surface area contributed by atoms with E-state index in [2.05, 4.69) is 34.6 Å². The van der Waals surface area contributed by atoms with Crippen LogP contribution in [0.15, 0.2) is 29.3 Å². The average Bonchev–Trinajstić information content (AvgIpc) is 3.45. The Morgan fingerprint density at radius 3 is 2.56 bits per heavy atom. The van der Waals surface area contributed by atoms with Gasteiger partial charge in [-0.25, -0.2) is 0 Å². The van der Waals surface area contributed by atoms with E-state index >= 15 is 0 Å².